The molecule has 0 spiro atoms. The molecule has 0 radical (unpaired) electrons. The van der Waals surface area contributed by atoms with Crippen molar-refractivity contribution in [3.8, 4) is 0 Å². The maximum absolute atomic E-state index is 12.9. The van der Waals surface area contributed by atoms with Crippen LogP contribution in [0.5, 0.6) is 0 Å². The number of nitrogens with two attached hydrogens (primary N) is 1. The molecule has 0 aromatic heterocycles. The molecule has 0 aliphatic carbocycles. The van der Waals surface area contributed by atoms with E-state index in [1.807, 2.05) is 42.7 Å². The quantitative estimate of drug-likeness (QED) is 0.863. The van der Waals surface area contributed by atoms with Crippen LogP contribution in [0.4, 0.5) is 0 Å². The molecule has 1 heterocycles. The number of hydrogen-bond acceptors (Lipinski definition) is 4. The summed E-state index contributed by atoms with van der Waals surface area (Å²) >= 11 is 1.53. The maximum Gasteiger partial charge on any atom is 0.243 e. The van der Waals surface area contributed by atoms with Crippen LogP contribution in [0.3, 0.4) is 0 Å². The number of rotatable bonds is 4. The van der Waals surface area contributed by atoms with Gasteiger partial charge in [0.05, 0.1) is 4.90 Å². The summed E-state index contributed by atoms with van der Waals surface area (Å²) in [6.07, 6.45) is 1.93. The predicted molar refractivity (Wildman–Crippen MR) is 94.1 cm³/mol. The molecule has 2 atom stereocenters. The lowest BCUT2D eigenvalue weighted by molar-refractivity contribution is 0.470. The summed E-state index contributed by atoms with van der Waals surface area (Å²) in [5, 5.41) is 0. The number of thioether (sulfide) groups is 1. The van der Waals surface area contributed by atoms with Crippen LogP contribution in [0.15, 0.2) is 64.4 Å². The van der Waals surface area contributed by atoms with Gasteiger partial charge in [-0.3, -0.25) is 0 Å². The van der Waals surface area contributed by atoms with E-state index in [1.54, 1.807) is 18.2 Å². The first-order valence-electron chi connectivity index (χ1n) is 7.47. The van der Waals surface area contributed by atoms with Gasteiger partial charge in [0.25, 0.3) is 0 Å². The van der Waals surface area contributed by atoms with Crippen molar-refractivity contribution in [2.75, 3.05) is 19.3 Å². The largest absolute Gasteiger partial charge is 0.326 e. The smallest absolute Gasteiger partial charge is 0.243 e. The fourth-order valence-corrected chi connectivity index (χ4v) is 5.04. The molecule has 4 nitrogen and oxygen atoms in total. The molecule has 2 N–H and O–H groups in total. The van der Waals surface area contributed by atoms with Crippen molar-refractivity contribution in [2.24, 2.45) is 5.73 Å². The van der Waals surface area contributed by atoms with Crippen LogP contribution < -0.4 is 5.73 Å². The Kier molecular flexibility index (Phi) is 4.77. The van der Waals surface area contributed by atoms with Gasteiger partial charge in [-0.1, -0.05) is 36.4 Å². The van der Waals surface area contributed by atoms with Crippen LogP contribution in [-0.2, 0) is 10.0 Å². The van der Waals surface area contributed by atoms with E-state index in [9.17, 15) is 8.42 Å². The highest BCUT2D eigenvalue weighted by molar-refractivity contribution is 7.98. The average Bonchev–Trinajstić information content (AvgIpc) is 2.98. The highest BCUT2D eigenvalue weighted by Gasteiger charge is 2.38. The Morgan fingerprint density at radius 2 is 1.83 bits per heavy atom. The molecule has 1 aliphatic rings. The van der Waals surface area contributed by atoms with E-state index in [0.717, 1.165) is 10.5 Å². The van der Waals surface area contributed by atoms with Crippen LogP contribution in [-0.4, -0.2) is 38.1 Å². The molecule has 6 heteroatoms. The lowest BCUT2D eigenvalue weighted by Crippen LogP contribution is -2.32. The average molecular weight is 348 g/mol. The van der Waals surface area contributed by atoms with Gasteiger partial charge in [-0.25, -0.2) is 8.42 Å². The molecule has 2 aromatic carbocycles. The zero-order chi connectivity index (χ0) is 16.4. The zero-order valence-corrected chi connectivity index (χ0v) is 14.6. The normalized spacial score (nSPS) is 22.3. The molecule has 3 rings (SSSR count). The Morgan fingerprint density at radius 3 is 2.52 bits per heavy atom. The van der Waals surface area contributed by atoms with Gasteiger partial charge in [-0.15, -0.1) is 11.8 Å². The van der Waals surface area contributed by atoms with Gasteiger partial charge in [0, 0.05) is 29.9 Å². The molecule has 1 aliphatic heterocycles. The summed E-state index contributed by atoms with van der Waals surface area (Å²) in [5.74, 6) is 0.0368. The van der Waals surface area contributed by atoms with Crippen molar-refractivity contribution in [3.63, 3.8) is 0 Å². The Labute approximate surface area is 141 Å². The van der Waals surface area contributed by atoms with Crippen LogP contribution in [0.25, 0.3) is 0 Å². The SMILES string of the molecule is CSc1cccc(S(=O)(=O)N2C[C@@H](N)[C@H](c3ccccc3)C2)c1. The third-order valence-electron chi connectivity index (χ3n) is 4.24. The lowest BCUT2D eigenvalue weighted by atomic mass is 9.95. The van der Waals surface area contributed by atoms with E-state index in [-0.39, 0.29) is 12.0 Å². The molecule has 0 unspecified atom stereocenters. The van der Waals surface area contributed by atoms with Gasteiger partial charge in [0.1, 0.15) is 0 Å². The molecule has 2 aromatic rings. The first-order valence-corrected chi connectivity index (χ1v) is 10.1. The Hall–Kier alpha value is -1.34. The van der Waals surface area contributed by atoms with E-state index in [1.165, 1.54) is 16.1 Å². The molecule has 23 heavy (non-hydrogen) atoms. The minimum Gasteiger partial charge on any atom is -0.326 e. The third kappa shape index (κ3) is 3.30. The van der Waals surface area contributed by atoms with E-state index < -0.39 is 10.0 Å². The van der Waals surface area contributed by atoms with Crippen molar-refractivity contribution < 1.29 is 8.42 Å². The van der Waals surface area contributed by atoms with Crippen molar-refractivity contribution in [3.05, 3.63) is 60.2 Å². The zero-order valence-electron chi connectivity index (χ0n) is 12.9. The lowest BCUT2D eigenvalue weighted by Gasteiger charge is -2.17. The summed E-state index contributed by atoms with van der Waals surface area (Å²) in [6, 6.07) is 16.8. The minimum absolute atomic E-state index is 0.0368. The number of hydrogen-bond donors (Lipinski definition) is 1. The van der Waals surface area contributed by atoms with Gasteiger partial charge in [0.2, 0.25) is 10.0 Å². The topological polar surface area (TPSA) is 63.4 Å². The van der Waals surface area contributed by atoms with Crippen LogP contribution >= 0.6 is 11.8 Å². The first kappa shape index (κ1) is 16.5. The van der Waals surface area contributed by atoms with Gasteiger partial charge in [-0.05, 0) is 30.0 Å². The van der Waals surface area contributed by atoms with E-state index >= 15 is 0 Å². The van der Waals surface area contributed by atoms with Gasteiger partial charge >= 0.3 is 0 Å². The van der Waals surface area contributed by atoms with Crippen LogP contribution in [0.1, 0.15) is 11.5 Å². The Balaban J connectivity index is 1.87. The highest BCUT2D eigenvalue weighted by Crippen LogP contribution is 2.31. The fraction of sp³-hybridized carbons (Fsp3) is 0.294. The second-order valence-corrected chi connectivity index (χ2v) is 8.50. The van der Waals surface area contributed by atoms with Crippen LogP contribution in [0.2, 0.25) is 0 Å². The van der Waals surface area contributed by atoms with Crippen molar-refractivity contribution in [1.29, 1.82) is 0 Å². The number of nitrogens with zero attached hydrogens (tertiary/aromatic N) is 1. The second kappa shape index (κ2) is 6.65. The molecular weight excluding hydrogens is 328 g/mol. The molecule has 0 saturated carbocycles. The monoisotopic (exact) mass is 348 g/mol. The van der Waals surface area contributed by atoms with Gasteiger partial charge < -0.3 is 5.73 Å². The molecule has 0 bridgehead atoms. The first-order chi connectivity index (χ1) is 11.0. The van der Waals surface area contributed by atoms with Crippen molar-refractivity contribution >= 4 is 21.8 Å². The Bertz CT molecular complexity index is 778. The molecule has 0 amide bonds. The van der Waals surface area contributed by atoms with Gasteiger partial charge in [-0.2, -0.15) is 4.31 Å². The molecule has 1 saturated heterocycles. The maximum atomic E-state index is 12.9. The van der Waals surface area contributed by atoms with Crippen molar-refractivity contribution in [1.82, 2.24) is 4.31 Å². The minimum atomic E-state index is -3.51. The third-order valence-corrected chi connectivity index (χ3v) is 6.79. The molecule has 1 fully saturated rings. The van der Waals surface area contributed by atoms with Crippen molar-refractivity contribution in [2.45, 2.75) is 21.8 Å². The van der Waals surface area contributed by atoms with E-state index in [2.05, 4.69) is 0 Å². The molecular formula is C17H20N2O2S2. The van der Waals surface area contributed by atoms with E-state index in [0.29, 0.717) is 18.0 Å². The molecule has 122 valence electrons. The summed E-state index contributed by atoms with van der Waals surface area (Å²) < 4.78 is 27.3. The summed E-state index contributed by atoms with van der Waals surface area (Å²) in [4.78, 5) is 1.28. The fourth-order valence-electron chi connectivity index (χ4n) is 2.95. The Morgan fingerprint density at radius 1 is 1.09 bits per heavy atom. The van der Waals surface area contributed by atoms with Gasteiger partial charge in [0.15, 0.2) is 0 Å². The number of benzene rings is 2. The second-order valence-electron chi connectivity index (χ2n) is 5.68. The predicted octanol–water partition coefficient (Wildman–Crippen LogP) is 2.52. The number of sulfonamides is 1. The standard InChI is InChI=1S/C17H20N2O2S2/c1-22-14-8-5-9-15(10-14)23(20,21)19-11-16(17(18)12-19)13-6-3-2-4-7-13/h2-10,16-17H,11-12,18H2,1H3/t16-,17+/m0/s1. The summed E-state index contributed by atoms with van der Waals surface area (Å²) in [7, 11) is -3.51. The summed E-state index contributed by atoms with van der Waals surface area (Å²) in [5.41, 5.74) is 7.32. The summed E-state index contributed by atoms with van der Waals surface area (Å²) in [6.45, 7) is 0.780. The highest BCUT2D eigenvalue weighted by atomic mass is 32.2. The van der Waals surface area contributed by atoms with E-state index in [4.69, 9.17) is 5.73 Å². The van der Waals surface area contributed by atoms with Crippen LogP contribution in [0, 0.1) is 0 Å².